The van der Waals surface area contributed by atoms with Crippen molar-refractivity contribution in [3.8, 4) is 34.9 Å². The lowest BCUT2D eigenvalue weighted by atomic mass is 9.77. The molecule has 6 aliphatic heterocycles. The molecule has 3 saturated heterocycles. The molecule has 9 heterocycles. The third-order valence-corrected chi connectivity index (χ3v) is 40.5. The minimum absolute atomic E-state index is 0.0115. The van der Waals surface area contributed by atoms with E-state index in [1.807, 2.05) is 75.4 Å². The predicted molar refractivity (Wildman–Crippen MR) is 550 cm³/mol. The zero-order valence-electron chi connectivity index (χ0n) is 87.0. The maximum Gasteiger partial charge on any atom is 0.332 e. The summed E-state index contributed by atoms with van der Waals surface area (Å²) in [7, 11) is -8.83. The van der Waals surface area contributed by atoms with Crippen LogP contribution in [0.4, 0.5) is 0 Å². The number of benzene rings is 3. The van der Waals surface area contributed by atoms with Crippen molar-refractivity contribution >= 4 is 108 Å². The van der Waals surface area contributed by atoms with Gasteiger partial charge in [-0.1, -0.05) is 119 Å². The van der Waals surface area contributed by atoms with Gasteiger partial charge in [0.15, 0.2) is 17.3 Å². The lowest BCUT2D eigenvalue weighted by molar-refractivity contribution is -0.154. The van der Waals surface area contributed by atoms with Crippen molar-refractivity contribution in [1.29, 1.82) is 0 Å². The van der Waals surface area contributed by atoms with Crippen LogP contribution in [-0.4, -0.2) is 225 Å². The molecular weight excluding hydrogens is 1940 g/mol. The maximum absolute atomic E-state index is 14.7. The summed E-state index contributed by atoms with van der Waals surface area (Å²) in [6.07, 6.45) is 27.1. The largest absolute Gasteiger partial charge is 0.496 e. The topological polar surface area (TPSA) is 458 Å². The number of rotatable bonds is 21. The number of ketones is 3. The van der Waals surface area contributed by atoms with Gasteiger partial charge in [-0.05, 0) is 256 Å². The van der Waals surface area contributed by atoms with Gasteiger partial charge in [0.2, 0.25) is 35.4 Å². The number of aryl methyl sites for hydroxylation is 3. The minimum atomic E-state index is -4.59. The summed E-state index contributed by atoms with van der Waals surface area (Å²) in [5.41, 5.74) is 2.71. The van der Waals surface area contributed by atoms with Gasteiger partial charge in [-0.2, -0.15) is 0 Å². The van der Waals surface area contributed by atoms with E-state index in [1.54, 1.807) is 54.6 Å². The van der Waals surface area contributed by atoms with Crippen molar-refractivity contribution in [2.45, 2.75) is 350 Å². The van der Waals surface area contributed by atoms with Crippen molar-refractivity contribution in [3.63, 3.8) is 0 Å². The molecule has 12 bridgehead atoms. The molecule has 6 unspecified atom stereocenters. The van der Waals surface area contributed by atoms with Crippen LogP contribution in [0, 0.1) is 64.6 Å². The number of ether oxygens (including phenoxy) is 9. The molecular formula is C111H153N6O27P3. The molecule has 3 aromatic heterocycles. The molecule has 9 fully saturated rings. The Morgan fingerprint density at radius 2 is 0.735 bits per heavy atom. The van der Waals surface area contributed by atoms with Gasteiger partial charge in [0.05, 0.1) is 131 Å². The normalized spacial score (nSPS) is 29.7. The molecule has 147 heavy (non-hydrogen) atoms. The van der Waals surface area contributed by atoms with Gasteiger partial charge in [0.25, 0.3) is 0 Å². The SMILES string of the molecule is CCC1CC1(CC(=O)[C@@H]1C[C@@H]2CN1C(=O)[C@H](C1CCCCC1)CC(=O)OCC(C)(C)CCCc1cc3c(nccc3cc1OC)O2)P(=O)(O)O.CCC1CC1(CC(=O)[C@@H]1C[C@@H]2CN1C(=O)[C@H](C1CCCCC1)CC(=O)OCCCCCc1cc3c(nccc3cc1OC)O2)P(=O)(O)O.CCC1CC1(CC(=O)[C@@H]1C[C@@H]2CN1C(=O)[C@H](C1CCCCC1)CC(=O)OC[C@@H](C)CCCc1cc3c(nccc3cc1OC)O2)P(=O)(O)O. The zero-order chi connectivity index (χ0) is 105. The fraction of sp³-hybridized carbons (Fsp3) is 0.676. The average Bonchev–Trinajstić information content (AvgIpc) is 1.57. The van der Waals surface area contributed by atoms with Gasteiger partial charge >= 0.3 is 40.7 Å². The summed E-state index contributed by atoms with van der Waals surface area (Å²) in [5, 5.41) is 0.890. The van der Waals surface area contributed by atoms with E-state index >= 15 is 0 Å². The summed E-state index contributed by atoms with van der Waals surface area (Å²) in [6, 6.07) is 14.9. The molecule has 0 spiro atoms. The molecule has 6 aromatic rings. The van der Waals surface area contributed by atoms with Gasteiger partial charge < -0.3 is 86.7 Å². The third-order valence-electron chi connectivity index (χ3n) is 34.9. The zero-order valence-corrected chi connectivity index (χ0v) is 89.7. The van der Waals surface area contributed by atoms with Crippen molar-refractivity contribution in [2.75, 3.05) is 60.8 Å². The minimum Gasteiger partial charge on any atom is -0.496 e. The number of Topliss-reactive ketones (excluding diaryl/α,β-unsaturated/α-hetero) is 3. The van der Waals surface area contributed by atoms with E-state index in [9.17, 15) is 86.2 Å². The summed E-state index contributed by atoms with van der Waals surface area (Å²) in [5.74, 6) is -2.40. The van der Waals surface area contributed by atoms with Gasteiger partial charge in [-0.3, -0.25) is 56.8 Å². The lowest BCUT2D eigenvalue weighted by Gasteiger charge is -2.34. The molecule has 33 nitrogen and oxygen atoms in total. The summed E-state index contributed by atoms with van der Waals surface area (Å²) >= 11 is 0. The monoisotopic (exact) mass is 2090 g/mol. The smallest absolute Gasteiger partial charge is 0.332 e. The second-order valence-electron chi connectivity index (χ2n) is 45.3. The molecule has 6 saturated carbocycles. The van der Waals surface area contributed by atoms with Crippen molar-refractivity contribution in [3.05, 3.63) is 89.9 Å². The highest BCUT2D eigenvalue weighted by Crippen LogP contribution is 2.74. The maximum atomic E-state index is 14.7. The highest BCUT2D eigenvalue weighted by molar-refractivity contribution is 7.54. The Hall–Kier alpha value is -9.03. The number of nitrogens with zero attached hydrogens (tertiary/aromatic N) is 6. The quantitative estimate of drug-likeness (QED) is 0.0221. The number of aromatic nitrogens is 3. The Balaban J connectivity index is 0.000000158. The van der Waals surface area contributed by atoms with Crippen LogP contribution >= 0.6 is 22.8 Å². The first kappa shape index (κ1) is 111. The molecule has 6 aliphatic carbocycles. The fourth-order valence-corrected chi connectivity index (χ4v) is 30.4. The molecule has 18 rings (SSSR count). The fourth-order valence-electron chi connectivity index (χ4n) is 26.0. The number of carbonyl (C=O) groups excluding carboxylic acids is 9. The number of cyclic esters (lactones) is 3. The summed E-state index contributed by atoms with van der Waals surface area (Å²) in [4.78, 5) is 207. The number of fused-ring (bicyclic) bond motifs is 9. The summed E-state index contributed by atoms with van der Waals surface area (Å²) in [6.45, 7) is 12.9. The van der Waals surface area contributed by atoms with E-state index in [4.69, 9.17) is 42.6 Å². The molecule has 3 amide bonds. The van der Waals surface area contributed by atoms with Crippen LogP contribution in [0.5, 0.6) is 34.9 Å². The van der Waals surface area contributed by atoms with Crippen LogP contribution in [0.1, 0.15) is 296 Å². The van der Waals surface area contributed by atoms with E-state index in [-0.39, 0.29) is 198 Å². The van der Waals surface area contributed by atoms with E-state index in [0.717, 1.165) is 220 Å². The first-order valence-electron chi connectivity index (χ1n) is 54.2. The third kappa shape index (κ3) is 25.2. The Labute approximate surface area is 862 Å². The van der Waals surface area contributed by atoms with Crippen molar-refractivity contribution in [1.82, 2.24) is 29.7 Å². The first-order chi connectivity index (χ1) is 70.2. The highest BCUT2D eigenvalue weighted by Gasteiger charge is 2.69. The molecule has 804 valence electrons. The lowest BCUT2D eigenvalue weighted by Crippen LogP contribution is -2.47. The number of pyridine rings is 3. The number of amides is 3. The van der Waals surface area contributed by atoms with Crippen LogP contribution in [0.3, 0.4) is 0 Å². The van der Waals surface area contributed by atoms with E-state index < -0.39 is 110 Å². The Bertz CT molecular complexity index is 5950. The van der Waals surface area contributed by atoms with Crippen LogP contribution in [0.25, 0.3) is 32.3 Å². The predicted octanol–water partition coefficient (Wildman–Crippen LogP) is 18.1. The molecule has 6 N–H and O–H groups in total. The van der Waals surface area contributed by atoms with Crippen molar-refractivity contribution in [2.24, 2.45) is 64.6 Å². The number of methoxy groups -OCH3 is 3. The van der Waals surface area contributed by atoms with Gasteiger partial charge in [-0.15, -0.1) is 0 Å². The van der Waals surface area contributed by atoms with Gasteiger partial charge in [-0.25, -0.2) is 15.0 Å². The first-order valence-corrected chi connectivity index (χ1v) is 59.1. The van der Waals surface area contributed by atoms with Crippen LogP contribution < -0.4 is 28.4 Å². The number of carbonyl (C=O) groups is 9. The number of hydrogen-bond acceptors (Lipinski definition) is 24. The van der Waals surface area contributed by atoms with Crippen molar-refractivity contribution < 1.29 is 129 Å². The Morgan fingerprint density at radius 1 is 0.415 bits per heavy atom. The number of hydrogen-bond donors (Lipinski definition) is 6. The van der Waals surface area contributed by atoms with E-state index in [2.05, 4.69) is 35.7 Å². The molecule has 0 radical (unpaired) electrons. The molecule has 16 atom stereocenters. The van der Waals surface area contributed by atoms with Crippen LogP contribution in [-0.2, 0) is 90.3 Å². The van der Waals surface area contributed by atoms with Gasteiger partial charge in [0.1, 0.15) is 35.6 Å². The molecule has 12 aliphatic rings. The van der Waals surface area contributed by atoms with E-state index in [1.165, 1.54) is 0 Å². The Morgan fingerprint density at radius 3 is 1.06 bits per heavy atom. The molecule has 36 heteroatoms. The van der Waals surface area contributed by atoms with Crippen LogP contribution in [0.15, 0.2) is 73.2 Å². The number of esters is 3. The second-order valence-corrected chi connectivity index (χ2v) is 51.2. The van der Waals surface area contributed by atoms with E-state index in [0.29, 0.717) is 43.3 Å². The summed E-state index contributed by atoms with van der Waals surface area (Å²) < 4.78 is 92.2. The standard InChI is InChI=1S/C38H53N2O9P.C37H51N2O9P.C36H49N2O9P/c1-5-27-20-38(27,50(44,45)46)21-32(41)31-18-28-22-40(31)36(43)30(24-10-7-6-8-11-24)19-34(42)48-23-37(2,3)14-9-12-26-16-29-25(17-33(26)47-4)13-15-39-35(29)49-28;1-4-27-19-37(27,49(43,44)45)20-32(40)31-17-28-21-39(31)36(42)30(24-10-6-5-7-11-24)18-34(41)47-22-23(2)9-8-12-26-15-29-25(16-33(26)46-3)13-14-38-35(29)48-28;1-3-26-20-36(26,48(42,43)44)21-31(39)30-18-27-22-38(30)35(41)29(23-10-6-4-7-11-23)19-33(40)46-15-9-5-8-12-25-16-28-24(17-32(25)45-2)13-14-37-34(28)47-27/h13,15-17,24,27-28,30-31H,5-12,14,18-23H2,1-4H3,(H2,44,45,46);13-16,23-24,27-28,30-31H,4-12,17-22H2,1-3H3,(H2,43,44,45);13-14,16-17,23,26-27,29-30H,3-12,15,18-22H2,1-2H3,(H2,42,43,44)/t27?,28-,30+,31+,38?;23-,27?,28+,30-,31-,37?;26?,27-,29+,30+,36?/m101/s1. The van der Waals surface area contributed by atoms with Crippen LogP contribution in [0.2, 0.25) is 0 Å². The second kappa shape index (κ2) is 47.1. The molecule has 3 aromatic carbocycles. The average molecular weight is 2100 g/mol. The van der Waals surface area contributed by atoms with Gasteiger partial charge in [0, 0.05) is 73.3 Å². The Kier molecular flexibility index (Phi) is 35.4. The highest BCUT2D eigenvalue weighted by atomic mass is 31.2.